The zero-order valence-corrected chi connectivity index (χ0v) is 16.7. The number of hydrogen-bond donors (Lipinski definition) is 1. The summed E-state index contributed by atoms with van der Waals surface area (Å²) in [6.07, 6.45) is 0. The molecule has 1 N–H and O–H groups in total. The molecule has 28 heavy (non-hydrogen) atoms. The van der Waals surface area contributed by atoms with Gasteiger partial charge < -0.3 is 19.7 Å². The molecule has 0 saturated heterocycles. The van der Waals surface area contributed by atoms with E-state index in [1.165, 1.54) is 6.92 Å². The highest BCUT2D eigenvalue weighted by atomic mass is 16.5. The predicted molar refractivity (Wildman–Crippen MR) is 109 cm³/mol. The molecule has 0 heterocycles. The van der Waals surface area contributed by atoms with Crippen LogP contribution >= 0.6 is 0 Å². The van der Waals surface area contributed by atoms with Crippen LogP contribution in [0.4, 0.5) is 5.69 Å². The largest absolute Gasteiger partial charge is 0.382 e. The number of carbonyl (C=O) groups excluding carboxylic acids is 2. The first-order valence-corrected chi connectivity index (χ1v) is 9.29. The van der Waals surface area contributed by atoms with Crippen LogP contribution in [0, 0.1) is 0 Å². The minimum absolute atomic E-state index is 0.00802. The molecular weight excluding hydrogens is 356 g/mol. The summed E-state index contributed by atoms with van der Waals surface area (Å²) < 4.78 is 10.4. The van der Waals surface area contributed by atoms with Crippen molar-refractivity contribution in [1.29, 1.82) is 0 Å². The Labute approximate surface area is 166 Å². The Bertz CT molecular complexity index is 764. The van der Waals surface area contributed by atoms with Gasteiger partial charge in [0.15, 0.2) is 0 Å². The summed E-state index contributed by atoms with van der Waals surface area (Å²) in [6.45, 7) is 4.72. The average molecular weight is 384 g/mol. The highest BCUT2D eigenvalue weighted by Crippen LogP contribution is 2.25. The summed E-state index contributed by atoms with van der Waals surface area (Å²) in [5, 5.41) is 2.79. The topological polar surface area (TPSA) is 67.9 Å². The van der Waals surface area contributed by atoms with Crippen molar-refractivity contribution in [2.75, 3.05) is 32.2 Å². The van der Waals surface area contributed by atoms with E-state index < -0.39 is 0 Å². The molecule has 0 bridgehead atoms. The third-order valence-electron chi connectivity index (χ3n) is 4.33. The van der Waals surface area contributed by atoms with Crippen LogP contribution in [0.1, 0.15) is 31.0 Å². The molecule has 2 aromatic rings. The fraction of sp³-hybridized carbons (Fsp3) is 0.364. The maximum atomic E-state index is 12.9. The van der Waals surface area contributed by atoms with Gasteiger partial charge in [-0.05, 0) is 30.2 Å². The number of carbonyl (C=O) groups is 2. The molecule has 0 aromatic heterocycles. The van der Waals surface area contributed by atoms with Crippen LogP contribution in [0.15, 0.2) is 54.6 Å². The number of ether oxygens (including phenoxy) is 2. The fourth-order valence-electron chi connectivity index (χ4n) is 2.87. The van der Waals surface area contributed by atoms with Gasteiger partial charge in [0.2, 0.25) is 11.8 Å². The van der Waals surface area contributed by atoms with Gasteiger partial charge in [-0.25, -0.2) is 0 Å². The Morgan fingerprint density at radius 3 is 2.50 bits per heavy atom. The fourth-order valence-corrected chi connectivity index (χ4v) is 2.87. The number of hydrogen-bond acceptors (Lipinski definition) is 4. The quantitative estimate of drug-likeness (QED) is 0.638. The molecular formula is C22H28N2O4. The van der Waals surface area contributed by atoms with Gasteiger partial charge in [-0.3, -0.25) is 9.59 Å². The van der Waals surface area contributed by atoms with Crippen molar-refractivity contribution < 1.29 is 19.1 Å². The minimum Gasteiger partial charge on any atom is -0.382 e. The minimum atomic E-state index is -0.188. The van der Waals surface area contributed by atoms with Gasteiger partial charge in [0.25, 0.3) is 0 Å². The van der Waals surface area contributed by atoms with Crippen molar-refractivity contribution >= 4 is 17.5 Å². The Kier molecular flexibility index (Phi) is 8.65. The summed E-state index contributed by atoms with van der Waals surface area (Å²) >= 11 is 0. The van der Waals surface area contributed by atoms with E-state index in [1.807, 2.05) is 61.5 Å². The van der Waals surface area contributed by atoms with E-state index in [-0.39, 0.29) is 24.5 Å². The summed E-state index contributed by atoms with van der Waals surface area (Å²) in [5.74, 6) is -0.231. The van der Waals surface area contributed by atoms with Crippen molar-refractivity contribution in [3.8, 4) is 0 Å². The van der Waals surface area contributed by atoms with Crippen molar-refractivity contribution in [2.24, 2.45) is 0 Å². The summed E-state index contributed by atoms with van der Waals surface area (Å²) in [4.78, 5) is 26.0. The molecule has 6 nitrogen and oxygen atoms in total. The molecule has 0 aliphatic heterocycles. The maximum absolute atomic E-state index is 12.9. The number of methoxy groups -OCH3 is 1. The lowest BCUT2D eigenvalue weighted by Gasteiger charge is -2.30. The SMILES string of the molecule is COCCOCC(=O)N(Cc1ccccc1)C(C)c1cccc(NC(C)=O)c1. The summed E-state index contributed by atoms with van der Waals surface area (Å²) in [5.41, 5.74) is 2.69. The molecule has 2 amide bonds. The van der Waals surface area contributed by atoms with Crippen LogP contribution in [-0.2, 0) is 25.6 Å². The number of benzene rings is 2. The Morgan fingerprint density at radius 2 is 1.82 bits per heavy atom. The van der Waals surface area contributed by atoms with E-state index in [9.17, 15) is 9.59 Å². The zero-order valence-electron chi connectivity index (χ0n) is 16.7. The molecule has 1 atom stereocenters. The van der Waals surface area contributed by atoms with Crippen LogP contribution in [0.25, 0.3) is 0 Å². The Morgan fingerprint density at radius 1 is 1.07 bits per heavy atom. The first-order valence-electron chi connectivity index (χ1n) is 9.29. The van der Waals surface area contributed by atoms with Gasteiger partial charge in [-0.15, -0.1) is 0 Å². The molecule has 2 aromatic carbocycles. The molecule has 0 radical (unpaired) electrons. The molecule has 0 spiro atoms. The molecule has 0 aliphatic rings. The second kappa shape index (κ2) is 11.2. The van der Waals surface area contributed by atoms with E-state index in [4.69, 9.17) is 9.47 Å². The van der Waals surface area contributed by atoms with Crippen LogP contribution in [-0.4, -0.2) is 43.6 Å². The number of nitrogens with one attached hydrogen (secondary N) is 1. The number of nitrogens with zero attached hydrogens (tertiary/aromatic N) is 1. The van der Waals surface area contributed by atoms with Gasteiger partial charge in [0.1, 0.15) is 6.61 Å². The van der Waals surface area contributed by atoms with E-state index >= 15 is 0 Å². The Hall–Kier alpha value is -2.70. The average Bonchev–Trinajstić information content (AvgIpc) is 2.69. The predicted octanol–water partition coefficient (Wildman–Crippen LogP) is 3.40. The summed E-state index contributed by atoms with van der Waals surface area (Å²) in [6, 6.07) is 17.2. The van der Waals surface area contributed by atoms with Gasteiger partial charge >= 0.3 is 0 Å². The maximum Gasteiger partial charge on any atom is 0.249 e. The normalized spacial score (nSPS) is 11.7. The van der Waals surface area contributed by atoms with E-state index in [0.29, 0.717) is 25.4 Å². The standard InChI is InChI=1S/C22H28N2O4/c1-17(20-10-7-11-21(14-20)23-18(2)25)24(15-19-8-5-4-6-9-19)22(26)16-28-13-12-27-3/h4-11,14,17H,12-13,15-16H2,1-3H3,(H,23,25). The first kappa shape index (κ1) is 21.6. The van der Waals surface area contributed by atoms with Crippen LogP contribution in [0.5, 0.6) is 0 Å². The molecule has 150 valence electrons. The van der Waals surface area contributed by atoms with Gasteiger partial charge in [-0.2, -0.15) is 0 Å². The second-order valence-electron chi connectivity index (χ2n) is 6.54. The smallest absolute Gasteiger partial charge is 0.249 e. The van der Waals surface area contributed by atoms with Crippen molar-refractivity contribution in [3.63, 3.8) is 0 Å². The van der Waals surface area contributed by atoms with Crippen LogP contribution in [0.2, 0.25) is 0 Å². The van der Waals surface area contributed by atoms with Gasteiger partial charge in [-0.1, -0.05) is 42.5 Å². The monoisotopic (exact) mass is 384 g/mol. The van der Waals surface area contributed by atoms with E-state index in [1.54, 1.807) is 12.0 Å². The van der Waals surface area contributed by atoms with Gasteiger partial charge in [0.05, 0.1) is 19.3 Å². The second-order valence-corrected chi connectivity index (χ2v) is 6.54. The molecule has 0 aliphatic carbocycles. The highest BCUT2D eigenvalue weighted by molar-refractivity contribution is 5.88. The zero-order chi connectivity index (χ0) is 20.4. The van der Waals surface area contributed by atoms with Crippen molar-refractivity contribution in [2.45, 2.75) is 26.4 Å². The third kappa shape index (κ3) is 6.79. The molecule has 1 unspecified atom stereocenters. The van der Waals surface area contributed by atoms with Crippen LogP contribution < -0.4 is 5.32 Å². The molecule has 0 saturated carbocycles. The molecule has 2 rings (SSSR count). The number of anilines is 1. The lowest BCUT2D eigenvalue weighted by atomic mass is 10.0. The highest BCUT2D eigenvalue weighted by Gasteiger charge is 2.22. The number of amides is 2. The van der Waals surface area contributed by atoms with Gasteiger partial charge in [0, 0.05) is 26.3 Å². The van der Waals surface area contributed by atoms with E-state index in [2.05, 4.69) is 5.32 Å². The Balaban J connectivity index is 2.19. The number of rotatable bonds is 10. The van der Waals surface area contributed by atoms with E-state index in [0.717, 1.165) is 11.1 Å². The lowest BCUT2D eigenvalue weighted by molar-refractivity contribution is -0.139. The first-order chi connectivity index (χ1) is 13.5. The molecule has 0 fully saturated rings. The lowest BCUT2D eigenvalue weighted by Crippen LogP contribution is -2.36. The summed E-state index contributed by atoms with van der Waals surface area (Å²) in [7, 11) is 1.59. The van der Waals surface area contributed by atoms with Crippen LogP contribution in [0.3, 0.4) is 0 Å². The third-order valence-corrected chi connectivity index (χ3v) is 4.33. The van der Waals surface area contributed by atoms with Crippen molar-refractivity contribution in [3.05, 3.63) is 65.7 Å². The van der Waals surface area contributed by atoms with Crippen molar-refractivity contribution in [1.82, 2.24) is 4.90 Å². The molecule has 6 heteroatoms.